The summed E-state index contributed by atoms with van der Waals surface area (Å²) in [5.41, 5.74) is 5.31. The van der Waals surface area contributed by atoms with Crippen molar-refractivity contribution in [2.45, 2.75) is 26.8 Å². The number of nitrogens with one attached hydrogen (secondary N) is 1. The number of nitrogens with two attached hydrogens (primary N) is 1. The van der Waals surface area contributed by atoms with Crippen molar-refractivity contribution in [2.75, 3.05) is 6.54 Å². The van der Waals surface area contributed by atoms with Gasteiger partial charge in [-0.15, -0.1) is 0 Å². The van der Waals surface area contributed by atoms with Crippen LogP contribution in [-0.2, 0) is 9.59 Å². The number of hydrogen-bond acceptors (Lipinski definition) is 3. The van der Waals surface area contributed by atoms with Gasteiger partial charge in [0.1, 0.15) is 0 Å². The van der Waals surface area contributed by atoms with E-state index in [-0.39, 0.29) is 18.4 Å². The van der Waals surface area contributed by atoms with E-state index in [1.165, 1.54) is 0 Å². The van der Waals surface area contributed by atoms with Gasteiger partial charge in [-0.3, -0.25) is 9.59 Å². The smallest absolute Gasteiger partial charge is 0.308 e. The highest BCUT2D eigenvalue weighted by molar-refractivity contribution is 5.81. The Morgan fingerprint density at radius 2 is 1.86 bits per heavy atom. The number of carbonyl (C=O) groups excluding carboxylic acids is 1. The third-order valence-electron chi connectivity index (χ3n) is 2.03. The molecule has 0 aliphatic carbocycles. The van der Waals surface area contributed by atoms with Crippen LogP contribution in [0.2, 0.25) is 0 Å². The number of rotatable bonds is 5. The maximum absolute atomic E-state index is 11.1. The Morgan fingerprint density at radius 3 is 2.14 bits per heavy atom. The summed E-state index contributed by atoms with van der Waals surface area (Å²) in [5.74, 6) is -1.79. The zero-order chi connectivity index (χ0) is 11.3. The molecule has 5 nitrogen and oxygen atoms in total. The Hall–Kier alpha value is -1.10. The van der Waals surface area contributed by atoms with E-state index in [1.54, 1.807) is 20.8 Å². The zero-order valence-corrected chi connectivity index (χ0v) is 8.78. The summed E-state index contributed by atoms with van der Waals surface area (Å²) in [6, 6.07) is -0.600. The fourth-order valence-electron chi connectivity index (χ4n) is 0.980. The summed E-state index contributed by atoms with van der Waals surface area (Å²) in [5, 5.41) is 11.3. The van der Waals surface area contributed by atoms with Gasteiger partial charge < -0.3 is 16.2 Å². The number of carbonyl (C=O) groups is 2. The summed E-state index contributed by atoms with van der Waals surface area (Å²) in [6.45, 7) is 5.29. The average Bonchev–Trinajstić information content (AvgIpc) is 2.02. The molecule has 0 aromatic rings. The van der Waals surface area contributed by atoms with Crippen molar-refractivity contribution in [1.29, 1.82) is 0 Å². The lowest BCUT2D eigenvalue weighted by Gasteiger charge is -2.17. The van der Waals surface area contributed by atoms with Crippen LogP contribution in [0.4, 0.5) is 0 Å². The first-order valence-corrected chi connectivity index (χ1v) is 4.62. The van der Waals surface area contributed by atoms with E-state index >= 15 is 0 Å². The van der Waals surface area contributed by atoms with Gasteiger partial charge in [0.05, 0.1) is 12.0 Å². The second-order valence-corrected chi connectivity index (χ2v) is 3.72. The second-order valence-electron chi connectivity index (χ2n) is 3.72. The predicted molar refractivity (Wildman–Crippen MR) is 52.6 cm³/mol. The molecule has 2 atom stereocenters. The molecule has 0 saturated carbocycles. The summed E-state index contributed by atoms with van der Waals surface area (Å²) < 4.78 is 0. The molecule has 0 rings (SSSR count). The molecule has 5 heteroatoms. The van der Waals surface area contributed by atoms with Gasteiger partial charge in [-0.25, -0.2) is 0 Å². The van der Waals surface area contributed by atoms with Crippen molar-refractivity contribution in [3.05, 3.63) is 0 Å². The van der Waals surface area contributed by atoms with Crippen LogP contribution < -0.4 is 11.1 Å². The Morgan fingerprint density at radius 1 is 1.36 bits per heavy atom. The van der Waals surface area contributed by atoms with Crippen LogP contribution in [0.5, 0.6) is 0 Å². The van der Waals surface area contributed by atoms with Crippen LogP contribution in [0.1, 0.15) is 20.8 Å². The Bertz CT molecular complexity index is 214. The number of amides is 1. The van der Waals surface area contributed by atoms with Crippen molar-refractivity contribution in [2.24, 2.45) is 17.6 Å². The summed E-state index contributed by atoms with van der Waals surface area (Å²) in [4.78, 5) is 21.8. The number of carboxylic acid groups (broad SMARTS) is 1. The van der Waals surface area contributed by atoms with E-state index in [0.29, 0.717) is 0 Å². The summed E-state index contributed by atoms with van der Waals surface area (Å²) in [7, 11) is 0. The van der Waals surface area contributed by atoms with Crippen LogP contribution in [0, 0.1) is 11.8 Å². The monoisotopic (exact) mass is 202 g/mol. The number of carboxylic acids is 1. The highest BCUT2D eigenvalue weighted by Crippen LogP contribution is 2.09. The minimum absolute atomic E-state index is 0.0131. The molecule has 1 unspecified atom stereocenters. The highest BCUT2D eigenvalue weighted by Gasteiger charge is 2.22. The molecule has 0 aliphatic rings. The lowest BCUT2D eigenvalue weighted by Crippen LogP contribution is -2.42. The maximum Gasteiger partial charge on any atom is 0.308 e. The third kappa shape index (κ3) is 4.23. The molecule has 1 amide bonds. The average molecular weight is 202 g/mol. The Kier molecular flexibility index (Phi) is 5.15. The fourth-order valence-corrected chi connectivity index (χ4v) is 0.980. The van der Waals surface area contributed by atoms with E-state index in [1.807, 2.05) is 0 Å². The van der Waals surface area contributed by atoms with Gasteiger partial charge in [0, 0.05) is 6.54 Å². The van der Waals surface area contributed by atoms with E-state index < -0.39 is 17.9 Å². The van der Waals surface area contributed by atoms with Gasteiger partial charge in [0.15, 0.2) is 0 Å². The Labute approximate surface area is 83.7 Å². The first kappa shape index (κ1) is 12.9. The molecule has 0 aromatic carbocycles. The van der Waals surface area contributed by atoms with Crippen LogP contribution in [-0.4, -0.2) is 29.6 Å². The largest absolute Gasteiger partial charge is 0.481 e. The van der Waals surface area contributed by atoms with Gasteiger partial charge in [-0.2, -0.15) is 0 Å². The van der Waals surface area contributed by atoms with Crippen molar-refractivity contribution in [3.63, 3.8) is 0 Å². The van der Waals surface area contributed by atoms with Crippen LogP contribution >= 0.6 is 0 Å². The fraction of sp³-hybridized carbons (Fsp3) is 0.778. The molecule has 0 radical (unpaired) electrons. The summed E-state index contributed by atoms with van der Waals surface area (Å²) in [6.07, 6.45) is 0. The molecule has 14 heavy (non-hydrogen) atoms. The minimum Gasteiger partial charge on any atom is -0.481 e. The highest BCUT2D eigenvalue weighted by atomic mass is 16.4. The number of aliphatic carboxylic acids is 1. The van der Waals surface area contributed by atoms with Gasteiger partial charge in [0.2, 0.25) is 5.91 Å². The summed E-state index contributed by atoms with van der Waals surface area (Å²) >= 11 is 0. The molecule has 0 aliphatic heterocycles. The molecular weight excluding hydrogens is 184 g/mol. The topological polar surface area (TPSA) is 92.4 Å². The van der Waals surface area contributed by atoms with Gasteiger partial charge in [-0.05, 0) is 12.8 Å². The van der Waals surface area contributed by atoms with Crippen molar-refractivity contribution in [3.8, 4) is 0 Å². The second kappa shape index (κ2) is 5.59. The van der Waals surface area contributed by atoms with E-state index in [9.17, 15) is 9.59 Å². The molecule has 0 aromatic heterocycles. The van der Waals surface area contributed by atoms with Crippen LogP contribution in [0.3, 0.4) is 0 Å². The lowest BCUT2D eigenvalue weighted by atomic mass is 9.96. The standard InChI is InChI=1S/C9H18N2O3/c1-5(2)7(9(13)14)4-11-8(12)6(3)10/h5-7H,4,10H2,1-3H3,(H,11,12)(H,13,14)/t6-,7?/m0/s1. The lowest BCUT2D eigenvalue weighted by molar-refractivity contribution is -0.143. The van der Waals surface area contributed by atoms with E-state index in [2.05, 4.69) is 5.32 Å². The van der Waals surface area contributed by atoms with Crippen LogP contribution in [0.25, 0.3) is 0 Å². The SMILES string of the molecule is CC(C)C(CNC(=O)[C@H](C)N)C(=O)O. The normalized spacial score (nSPS) is 14.9. The van der Waals surface area contributed by atoms with Crippen molar-refractivity contribution >= 4 is 11.9 Å². The first-order valence-electron chi connectivity index (χ1n) is 4.62. The minimum atomic E-state index is -0.898. The quantitative estimate of drug-likeness (QED) is 0.576. The van der Waals surface area contributed by atoms with Crippen molar-refractivity contribution in [1.82, 2.24) is 5.32 Å². The molecule has 82 valence electrons. The first-order chi connectivity index (χ1) is 6.36. The molecule has 0 bridgehead atoms. The van der Waals surface area contributed by atoms with Gasteiger partial charge in [-0.1, -0.05) is 13.8 Å². The van der Waals surface area contributed by atoms with E-state index in [0.717, 1.165) is 0 Å². The third-order valence-corrected chi connectivity index (χ3v) is 2.03. The molecule has 0 spiro atoms. The molecular formula is C9H18N2O3. The maximum atomic E-state index is 11.1. The molecule has 0 fully saturated rings. The van der Waals surface area contributed by atoms with Crippen molar-refractivity contribution < 1.29 is 14.7 Å². The van der Waals surface area contributed by atoms with Crippen LogP contribution in [0.15, 0.2) is 0 Å². The molecule has 0 saturated heterocycles. The number of hydrogen-bond donors (Lipinski definition) is 3. The molecule has 0 heterocycles. The zero-order valence-electron chi connectivity index (χ0n) is 8.78. The Balaban J connectivity index is 4.08. The van der Waals surface area contributed by atoms with E-state index in [4.69, 9.17) is 10.8 Å². The van der Waals surface area contributed by atoms with Gasteiger partial charge in [0.25, 0.3) is 0 Å². The molecule has 4 N–H and O–H groups in total. The van der Waals surface area contributed by atoms with Gasteiger partial charge >= 0.3 is 5.97 Å². The predicted octanol–water partition coefficient (Wildman–Crippen LogP) is -0.193.